The van der Waals surface area contributed by atoms with Crippen molar-refractivity contribution in [3.63, 3.8) is 0 Å². The number of thiocarbonyl (C=S) groups is 1. The van der Waals surface area contributed by atoms with E-state index in [1.807, 2.05) is 6.26 Å². The van der Waals surface area contributed by atoms with Gasteiger partial charge in [-0.1, -0.05) is 32.1 Å². The van der Waals surface area contributed by atoms with Crippen LogP contribution in [0.4, 0.5) is 5.69 Å². The zero-order valence-electron chi connectivity index (χ0n) is 11.7. The molecular formula is C14H22N2S2. The van der Waals surface area contributed by atoms with Gasteiger partial charge in [0.05, 0.1) is 0 Å². The molecule has 1 aromatic rings. The zero-order valence-corrected chi connectivity index (χ0v) is 13.4. The van der Waals surface area contributed by atoms with Crippen molar-refractivity contribution >= 4 is 34.7 Å². The van der Waals surface area contributed by atoms with Crippen LogP contribution in [0.15, 0.2) is 23.1 Å². The highest BCUT2D eigenvalue weighted by Crippen LogP contribution is 2.31. The fraction of sp³-hybridized carbons (Fsp3) is 0.500. The van der Waals surface area contributed by atoms with Gasteiger partial charge in [-0.05, 0) is 31.2 Å². The molecule has 0 heterocycles. The minimum absolute atomic E-state index is 0.440. The highest BCUT2D eigenvalue weighted by atomic mass is 32.2. The fourth-order valence-corrected chi connectivity index (χ4v) is 2.81. The van der Waals surface area contributed by atoms with Gasteiger partial charge in [-0.3, -0.25) is 0 Å². The van der Waals surface area contributed by atoms with Crippen molar-refractivity contribution in [1.82, 2.24) is 0 Å². The minimum Gasteiger partial charge on any atom is -0.389 e. The highest BCUT2D eigenvalue weighted by Gasteiger charge is 2.19. The number of rotatable bonds is 5. The molecule has 2 nitrogen and oxygen atoms in total. The largest absolute Gasteiger partial charge is 0.389 e. The molecule has 0 saturated carbocycles. The summed E-state index contributed by atoms with van der Waals surface area (Å²) in [6.45, 7) is 6.67. The van der Waals surface area contributed by atoms with E-state index in [1.54, 1.807) is 11.8 Å². The van der Waals surface area contributed by atoms with Crippen molar-refractivity contribution in [1.29, 1.82) is 0 Å². The topological polar surface area (TPSA) is 29.3 Å². The summed E-state index contributed by atoms with van der Waals surface area (Å²) in [5.74, 6) is 0.576. The smallest absolute Gasteiger partial charge is 0.107 e. The van der Waals surface area contributed by atoms with Crippen molar-refractivity contribution in [3.05, 3.63) is 23.8 Å². The lowest BCUT2D eigenvalue weighted by molar-refractivity contribution is 0.505. The van der Waals surface area contributed by atoms with Gasteiger partial charge in [-0.15, -0.1) is 11.8 Å². The van der Waals surface area contributed by atoms with Gasteiger partial charge in [0.15, 0.2) is 0 Å². The first-order chi connectivity index (χ1) is 8.40. The average molecular weight is 282 g/mol. The average Bonchev–Trinajstić information content (AvgIpc) is 2.35. The lowest BCUT2D eigenvalue weighted by atomic mass is 10.0. The molecule has 0 spiro atoms. The normalized spacial score (nSPS) is 12.6. The minimum atomic E-state index is 0.440. The van der Waals surface area contributed by atoms with Crippen LogP contribution < -0.4 is 10.6 Å². The summed E-state index contributed by atoms with van der Waals surface area (Å²) in [4.78, 5) is 3.87. The van der Waals surface area contributed by atoms with E-state index in [0.29, 0.717) is 16.9 Å². The van der Waals surface area contributed by atoms with Crippen LogP contribution in [-0.2, 0) is 0 Å². The second-order valence-corrected chi connectivity index (χ2v) is 6.10. The van der Waals surface area contributed by atoms with Gasteiger partial charge in [0, 0.05) is 29.2 Å². The molecule has 1 unspecified atom stereocenters. The highest BCUT2D eigenvalue weighted by molar-refractivity contribution is 7.98. The van der Waals surface area contributed by atoms with E-state index >= 15 is 0 Å². The van der Waals surface area contributed by atoms with Gasteiger partial charge in [0.1, 0.15) is 4.99 Å². The first kappa shape index (κ1) is 15.3. The second-order valence-electron chi connectivity index (χ2n) is 4.81. The van der Waals surface area contributed by atoms with Crippen molar-refractivity contribution in [2.45, 2.75) is 31.7 Å². The number of hydrogen-bond acceptors (Lipinski definition) is 3. The first-order valence-electron chi connectivity index (χ1n) is 6.09. The second kappa shape index (κ2) is 6.43. The molecule has 0 aromatic heterocycles. The Morgan fingerprint density at radius 1 is 1.33 bits per heavy atom. The maximum absolute atomic E-state index is 5.90. The van der Waals surface area contributed by atoms with Gasteiger partial charge in [-0.2, -0.15) is 0 Å². The van der Waals surface area contributed by atoms with E-state index in [2.05, 4.69) is 50.9 Å². The van der Waals surface area contributed by atoms with Gasteiger partial charge >= 0.3 is 0 Å². The Hall–Kier alpha value is -0.740. The molecule has 1 rings (SSSR count). The number of anilines is 1. The Labute approximate surface area is 120 Å². The van der Waals surface area contributed by atoms with Crippen LogP contribution in [-0.4, -0.2) is 24.3 Å². The summed E-state index contributed by atoms with van der Waals surface area (Å²) in [6.07, 6.45) is 2.05. The predicted octanol–water partition coefficient (Wildman–Crippen LogP) is 3.52. The molecule has 1 atom stereocenters. The number of nitrogens with zero attached hydrogens (tertiary/aromatic N) is 1. The third-order valence-electron chi connectivity index (χ3n) is 3.43. The maximum atomic E-state index is 5.90. The fourth-order valence-electron chi connectivity index (χ4n) is 1.90. The van der Waals surface area contributed by atoms with E-state index in [9.17, 15) is 0 Å². The van der Waals surface area contributed by atoms with Crippen molar-refractivity contribution < 1.29 is 0 Å². The van der Waals surface area contributed by atoms with Crippen LogP contribution in [0.2, 0.25) is 0 Å². The van der Waals surface area contributed by atoms with Crippen LogP contribution in [0.25, 0.3) is 0 Å². The third kappa shape index (κ3) is 3.18. The number of benzene rings is 1. The van der Waals surface area contributed by atoms with Gasteiger partial charge < -0.3 is 10.6 Å². The first-order valence-corrected chi connectivity index (χ1v) is 7.73. The van der Waals surface area contributed by atoms with Crippen molar-refractivity contribution in [3.8, 4) is 0 Å². The Morgan fingerprint density at radius 2 is 1.94 bits per heavy atom. The van der Waals surface area contributed by atoms with Gasteiger partial charge in [0.25, 0.3) is 0 Å². The van der Waals surface area contributed by atoms with Crippen LogP contribution in [0.5, 0.6) is 0 Å². The maximum Gasteiger partial charge on any atom is 0.107 e. The van der Waals surface area contributed by atoms with E-state index in [1.165, 1.54) is 0 Å². The molecule has 0 aliphatic carbocycles. The SMILES string of the molecule is CSc1cccc(N(C)C(C)C(C)C)c1C(N)=S. The molecule has 0 saturated heterocycles. The van der Waals surface area contributed by atoms with E-state index in [0.717, 1.165) is 16.1 Å². The van der Waals surface area contributed by atoms with Crippen molar-refractivity contribution in [2.75, 3.05) is 18.2 Å². The summed E-state index contributed by atoms with van der Waals surface area (Å²) < 4.78 is 0. The lowest BCUT2D eigenvalue weighted by Crippen LogP contribution is -2.34. The molecule has 0 amide bonds. The number of hydrogen-bond donors (Lipinski definition) is 1. The molecule has 0 aliphatic rings. The predicted molar refractivity (Wildman–Crippen MR) is 86.8 cm³/mol. The molecule has 18 heavy (non-hydrogen) atoms. The van der Waals surface area contributed by atoms with E-state index in [-0.39, 0.29) is 0 Å². The van der Waals surface area contributed by atoms with Crippen LogP contribution in [0, 0.1) is 5.92 Å². The Morgan fingerprint density at radius 3 is 2.39 bits per heavy atom. The Kier molecular flexibility index (Phi) is 5.47. The molecule has 2 N–H and O–H groups in total. The molecule has 1 aromatic carbocycles. The van der Waals surface area contributed by atoms with E-state index in [4.69, 9.17) is 18.0 Å². The molecule has 0 radical (unpaired) electrons. The van der Waals surface area contributed by atoms with Gasteiger partial charge in [-0.25, -0.2) is 0 Å². The quantitative estimate of drug-likeness (QED) is 0.661. The molecule has 0 bridgehead atoms. The number of thioether (sulfide) groups is 1. The molecule has 0 aliphatic heterocycles. The summed E-state index contributed by atoms with van der Waals surface area (Å²) in [5, 5.41) is 0. The monoisotopic (exact) mass is 282 g/mol. The van der Waals surface area contributed by atoms with Crippen LogP contribution in [0.3, 0.4) is 0 Å². The molecule has 4 heteroatoms. The summed E-state index contributed by atoms with van der Waals surface area (Å²) in [6, 6.07) is 6.66. The Bertz CT molecular complexity index is 430. The lowest BCUT2D eigenvalue weighted by Gasteiger charge is -2.32. The van der Waals surface area contributed by atoms with Crippen LogP contribution >= 0.6 is 24.0 Å². The molecule has 0 fully saturated rings. The van der Waals surface area contributed by atoms with Gasteiger partial charge in [0.2, 0.25) is 0 Å². The number of nitrogens with two attached hydrogens (primary N) is 1. The standard InChI is InChI=1S/C14H22N2S2/c1-9(2)10(3)16(4)11-7-6-8-12(18-5)13(11)14(15)17/h6-10H,1-5H3,(H2,15,17). The zero-order chi connectivity index (χ0) is 13.9. The van der Waals surface area contributed by atoms with Crippen molar-refractivity contribution in [2.24, 2.45) is 11.7 Å². The van der Waals surface area contributed by atoms with Crippen LogP contribution in [0.1, 0.15) is 26.3 Å². The molecule has 100 valence electrons. The molecular weight excluding hydrogens is 260 g/mol. The summed E-state index contributed by atoms with van der Waals surface area (Å²) >= 11 is 6.89. The summed E-state index contributed by atoms with van der Waals surface area (Å²) in [5.41, 5.74) is 8.01. The third-order valence-corrected chi connectivity index (χ3v) is 4.41. The Balaban J connectivity index is 3.27. The summed E-state index contributed by atoms with van der Waals surface area (Å²) in [7, 11) is 2.10. The van der Waals surface area contributed by atoms with E-state index < -0.39 is 0 Å².